The second-order valence-corrected chi connectivity index (χ2v) is 8.84. The molecular formula is C12H14N2O3S3. The van der Waals surface area contributed by atoms with Crippen molar-refractivity contribution in [3.63, 3.8) is 0 Å². The number of nitrogens with one attached hydrogen (secondary N) is 1. The number of H-pyrrole nitrogens is 1. The van der Waals surface area contributed by atoms with Crippen LogP contribution in [0.5, 0.6) is 0 Å². The van der Waals surface area contributed by atoms with Gasteiger partial charge in [-0.2, -0.15) is 4.31 Å². The molecule has 0 fully saturated rings. The van der Waals surface area contributed by atoms with Crippen LogP contribution < -0.4 is 4.87 Å². The number of sulfonamides is 1. The predicted octanol–water partition coefficient (Wildman–Crippen LogP) is 2.11. The molecule has 2 aromatic rings. The molecule has 108 valence electrons. The molecule has 5 nitrogen and oxygen atoms in total. The Hall–Kier alpha value is -0.960. The summed E-state index contributed by atoms with van der Waals surface area (Å²) in [5, 5.41) is 2.00. The van der Waals surface area contributed by atoms with E-state index in [1.807, 2.05) is 18.4 Å². The minimum Gasteiger partial charge on any atom is -0.315 e. The quantitative estimate of drug-likeness (QED) is 0.917. The molecule has 2 aromatic heterocycles. The predicted molar refractivity (Wildman–Crippen MR) is 80.0 cm³/mol. The SMILES string of the molecule is Cc1[nH]c(=O)sc1S(=O)(=O)N1CCc2sccc2C1C. The Kier molecular flexibility index (Phi) is 3.36. The lowest BCUT2D eigenvalue weighted by Crippen LogP contribution is -2.38. The van der Waals surface area contributed by atoms with E-state index in [9.17, 15) is 13.2 Å². The van der Waals surface area contributed by atoms with E-state index in [2.05, 4.69) is 4.98 Å². The van der Waals surface area contributed by atoms with E-state index in [0.29, 0.717) is 12.2 Å². The first-order valence-corrected chi connectivity index (χ1v) is 9.32. The third-order valence-electron chi connectivity index (χ3n) is 3.55. The summed E-state index contributed by atoms with van der Waals surface area (Å²) in [6.45, 7) is 3.98. The van der Waals surface area contributed by atoms with Crippen LogP contribution in [0.25, 0.3) is 0 Å². The Morgan fingerprint density at radius 2 is 2.20 bits per heavy atom. The first kappa shape index (κ1) is 14.0. The van der Waals surface area contributed by atoms with Crippen LogP contribution in [0, 0.1) is 6.92 Å². The standard InChI is InChI=1S/C12H14N2O3S3/c1-7-11(19-12(15)13-7)20(16,17)14-5-3-10-9(8(14)2)4-6-18-10/h4,6,8H,3,5H2,1-2H3,(H,13,15). The fraction of sp³-hybridized carbons (Fsp3) is 0.417. The topological polar surface area (TPSA) is 70.2 Å². The highest BCUT2D eigenvalue weighted by Crippen LogP contribution is 2.37. The van der Waals surface area contributed by atoms with Crippen molar-refractivity contribution >= 4 is 32.7 Å². The van der Waals surface area contributed by atoms with Gasteiger partial charge in [-0.1, -0.05) is 11.3 Å². The van der Waals surface area contributed by atoms with Gasteiger partial charge < -0.3 is 4.98 Å². The number of rotatable bonds is 2. The minimum absolute atomic E-state index is 0.132. The highest BCUT2D eigenvalue weighted by Gasteiger charge is 2.36. The van der Waals surface area contributed by atoms with Crippen LogP contribution in [0.4, 0.5) is 0 Å². The van der Waals surface area contributed by atoms with E-state index in [1.165, 1.54) is 9.18 Å². The van der Waals surface area contributed by atoms with Crippen LogP contribution in [0.3, 0.4) is 0 Å². The van der Waals surface area contributed by atoms with Crippen LogP contribution in [0.1, 0.15) is 29.1 Å². The number of aromatic nitrogens is 1. The highest BCUT2D eigenvalue weighted by molar-refractivity contribution is 7.91. The summed E-state index contributed by atoms with van der Waals surface area (Å²) in [5.74, 6) is 0. The third kappa shape index (κ3) is 2.07. The molecule has 1 atom stereocenters. The molecule has 1 N–H and O–H groups in total. The number of hydrogen-bond acceptors (Lipinski definition) is 5. The molecule has 0 bridgehead atoms. The Labute approximate surface area is 124 Å². The molecule has 3 heterocycles. The minimum atomic E-state index is -3.62. The van der Waals surface area contributed by atoms with Crippen molar-refractivity contribution in [3.8, 4) is 0 Å². The van der Waals surface area contributed by atoms with E-state index in [1.54, 1.807) is 18.3 Å². The number of thiophene rings is 1. The molecular weight excluding hydrogens is 316 g/mol. The molecule has 0 aliphatic carbocycles. The van der Waals surface area contributed by atoms with Crippen LogP contribution in [0.2, 0.25) is 0 Å². The Morgan fingerprint density at radius 3 is 2.85 bits per heavy atom. The van der Waals surface area contributed by atoms with Crippen molar-refractivity contribution in [2.45, 2.75) is 30.5 Å². The van der Waals surface area contributed by atoms with Gasteiger partial charge in [-0.05, 0) is 37.3 Å². The van der Waals surface area contributed by atoms with Gasteiger partial charge >= 0.3 is 4.87 Å². The van der Waals surface area contributed by atoms with Gasteiger partial charge in [0, 0.05) is 23.2 Å². The van der Waals surface area contributed by atoms with Gasteiger partial charge in [0.25, 0.3) is 10.0 Å². The molecule has 1 unspecified atom stereocenters. The summed E-state index contributed by atoms with van der Waals surface area (Å²) in [5.41, 5.74) is 1.49. The summed E-state index contributed by atoms with van der Waals surface area (Å²) in [6, 6.07) is 1.80. The summed E-state index contributed by atoms with van der Waals surface area (Å²) in [7, 11) is -3.62. The molecule has 1 aliphatic rings. The lowest BCUT2D eigenvalue weighted by atomic mass is 10.0. The third-order valence-corrected chi connectivity index (χ3v) is 8.09. The van der Waals surface area contributed by atoms with Gasteiger partial charge in [0.15, 0.2) is 4.21 Å². The van der Waals surface area contributed by atoms with Crippen molar-refractivity contribution < 1.29 is 8.42 Å². The number of fused-ring (bicyclic) bond motifs is 1. The average Bonchev–Trinajstić information content (AvgIpc) is 2.96. The summed E-state index contributed by atoms with van der Waals surface area (Å²) < 4.78 is 27.1. The van der Waals surface area contributed by atoms with Crippen LogP contribution in [0.15, 0.2) is 20.5 Å². The van der Waals surface area contributed by atoms with Gasteiger partial charge in [0.1, 0.15) is 0 Å². The first-order chi connectivity index (χ1) is 9.41. The van der Waals surface area contributed by atoms with Gasteiger partial charge in [0.2, 0.25) is 0 Å². The van der Waals surface area contributed by atoms with Gasteiger partial charge in [-0.25, -0.2) is 8.42 Å². The molecule has 3 rings (SSSR count). The van der Waals surface area contributed by atoms with Crippen LogP contribution in [-0.2, 0) is 16.4 Å². The van der Waals surface area contributed by atoms with E-state index in [-0.39, 0.29) is 15.1 Å². The maximum Gasteiger partial charge on any atom is 0.305 e. The maximum absolute atomic E-state index is 12.7. The smallest absolute Gasteiger partial charge is 0.305 e. The van der Waals surface area contributed by atoms with Crippen molar-refractivity contribution in [2.75, 3.05) is 6.54 Å². The maximum atomic E-state index is 12.7. The van der Waals surface area contributed by atoms with Gasteiger partial charge in [-0.3, -0.25) is 4.79 Å². The molecule has 0 saturated heterocycles. The molecule has 8 heteroatoms. The monoisotopic (exact) mass is 330 g/mol. The zero-order chi connectivity index (χ0) is 14.5. The molecule has 0 spiro atoms. The van der Waals surface area contributed by atoms with Crippen molar-refractivity contribution in [3.05, 3.63) is 37.2 Å². The van der Waals surface area contributed by atoms with Gasteiger partial charge in [-0.15, -0.1) is 11.3 Å². The lowest BCUT2D eigenvalue weighted by molar-refractivity contribution is 0.330. The van der Waals surface area contributed by atoms with E-state index in [0.717, 1.165) is 23.3 Å². The second-order valence-electron chi connectivity index (χ2n) is 4.77. The molecule has 20 heavy (non-hydrogen) atoms. The summed E-state index contributed by atoms with van der Waals surface area (Å²) in [6.07, 6.45) is 0.731. The van der Waals surface area contributed by atoms with Crippen molar-refractivity contribution in [1.29, 1.82) is 0 Å². The number of hydrogen-bond donors (Lipinski definition) is 1. The normalized spacial score (nSPS) is 20.0. The van der Waals surface area contributed by atoms with E-state index >= 15 is 0 Å². The largest absolute Gasteiger partial charge is 0.315 e. The Morgan fingerprint density at radius 1 is 1.45 bits per heavy atom. The fourth-order valence-corrected chi connectivity index (χ4v) is 6.55. The molecule has 0 saturated carbocycles. The number of nitrogens with zero attached hydrogens (tertiary/aromatic N) is 1. The zero-order valence-corrected chi connectivity index (χ0v) is 13.5. The molecule has 1 aliphatic heterocycles. The van der Waals surface area contributed by atoms with Crippen molar-refractivity contribution in [2.24, 2.45) is 0 Å². The van der Waals surface area contributed by atoms with Crippen LogP contribution >= 0.6 is 22.7 Å². The summed E-state index contributed by atoms with van der Waals surface area (Å²) in [4.78, 5) is 14.8. The number of thiazole rings is 1. The fourth-order valence-electron chi connectivity index (χ4n) is 2.56. The Balaban J connectivity index is 2.05. The zero-order valence-electron chi connectivity index (χ0n) is 11.0. The lowest BCUT2D eigenvalue weighted by Gasteiger charge is -2.32. The highest BCUT2D eigenvalue weighted by atomic mass is 32.2. The average molecular weight is 330 g/mol. The second kappa shape index (κ2) is 4.80. The van der Waals surface area contributed by atoms with Crippen LogP contribution in [-0.4, -0.2) is 24.3 Å². The van der Waals surface area contributed by atoms with E-state index < -0.39 is 10.0 Å². The van der Waals surface area contributed by atoms with Crippen molar-refractivity contribution in [1.82, 2.24) is 9.29 Å². The first-order valence-electron chi connectivity index (χ1n) is 6.19. The Bertz CT molecular complexity index is 800. The molecule has 0 aromatic carbocycles. The number of aromatic amines is 1. The summed E-state index contributed by atoms with van der Waals surface area (Å²) >= 11 is 2.43. The number of aryl methyl sites for hydroxylation is 1. The molecule has 0 amide bonds. The van der Waals surface area contributed by atoms with Gasteiger partial charge in [0.05, 0.1) is 0 Å². The van der Waals surface area contributed by atoms with E-state index in [4.69, 9.17) is 0 Å². The molecule has 0 radical (unpaired) electrons.